The number of hydrazine groups is 1. The molecule has 1 atom stereocenters. The summed E-state index contributed by atoms with van der Waals surface area (Å²) in [7, 11) is 0. The predicted molar refractivity (Wildman–Crippen MR) is 67.8 cm³/mol. The van der Waals surface area contributed by atoms with Crippen molar-refractivity contribution in [2.75, 3.05) is 0 Å². The van der Waals surface area contributed by atoms with Gasteiger partial charge in [-0.2, -0.15) is 0 Å². The van der Waals surface area contributed by atoms with Gasteiger partial charge in [0.15, 0.2) is 0 Å². The Bertz CT molecular complexity index is 308. The lowest BCUT2D eigenvalue weighted by atomic mass is 9.87. The molecular weight excluding hydrogens is 198 g/mol. The fourth-order valence-corrected chi connectivity index (χ4v) is 2.28. The number of aryl methyl sites for hydroxylation is 1. The van der Waals surface area contributed by atoms with Crippen molar-refractivity contribution >= 4 is 0 Å². The summed E-state index contributed by atoms with van der Waals surface area (Å²) in [4.78, 5) is 4.18. The van der Waals surface area contributed by atoms with Crippen LogP contribution >= 0.6 is 0 Å². The van der Waals surface area contributed by atoms with E-state index in [1.165, 1.54) is 11.1 Å². The Morgan fingerprint density at radius 1 is 1.31 bits per heavy atom. The number of nitrogens with zero attached hydrogens (tertiary/aromatic N) is 1. The van der Waals surface area contributed by atoms with E-state index < -0.39 is 0 Å². The van der Waals surface area contributed by atoms with Gasteiger partial charge in [0.1, 0.15) is 0 Å². The molecule has 0 aliphatic rings. The van der Waals surface area contributed by atoms with Gasteiger partial charge >= 0.3 is 0 Å². The van der Waals surface area contributed by atoms with Gasteiger partial charge in [0.25, 0.3) is 0 Å². The first-order valence-electron chi connectivity index (χ1n) is 6.17. The monoisotopic (exact) mass is 221 g/mol. The van der Waals surface area contributed by atoms with Crippen LogP contribution in [0.15, 0.2) is 18.5 Å². The first-order valence-corrected chi connectivity index (χ1v) is 6.17. The van der Waals surface area contributed by atoms with E-state index in [4.69, 9.17) is 5.84 Å². The topological polar surface area (TPSA) is 50.9 Å². The lowest BCUT2D eigenvalue weighted by Gasteiger charge is -2.26. The highest BCUT2D eigenvalue weighted by atomic mass is 15.2. The van der Waals surface area contributed by atoms with Crippen LogP contribution in [0.25, 0.3) is 0 Å². The van der Waals surface area contributed by atoms with Crippen LogP contribution in [0.1, 0.15) is 50.8 Å². The van der Waals surface area contributed by atoms with Crippen molar-refractivity contribution in [3.05, 3.63) is 29.6 Å². The number of aromatic nitrogens is 1. The molecule has 0 radical (unpaired) electrons. The molecule has 90 valence electrons. The minimum absolute atomic E-state index is 0.243. The average Bonchev–Trinajstić information content (AvgIpc) is 2.35. The largest absolute Gasteiger partial charge is 0.271 e. The van der Waals surface area contributed by atoms with Gasteiger partial charge in [0.05, 0.1) is 0 Å². The molecule has 1 aromatic rings. The van der Waals surface area contributed by atoms with Crippen LogP contribution in [0.5, 0.6) is 0 Å². The van der Waals surface area contributed by atoms with Gasteiger partial charge in [-0.15, -0.1) is 0 Å². The van der Waals surface area contributed by atoms with E-state index >= 15 is 0 Å². The van der Waals surface area contributed by atoms with Crippen LogP contribution in [-0.4, -0.2) is 4.98 Å². The Morgan fingerprint density at radius 3 is 2.50 bits per heavy atom. The molecule has 0 aliphatic heterocycles. The third kappa shape index (κ3) is 2.80. The number of hydrogen-bond donors (Lipinski definition) is 2. The molecule has 16 heavy (non-hydrogen) atoms. The lowest BCUT2D eigenvalue weighted by Crippen LogP contribution is -2.34. The van der Waals surface area contributed by atoms with Gasteiger partial charge in [-0.25, -0.2) is 0 Å². The highest BCUT2D eigenvalue weighted by Gasteiger charge is 2.20. The van der Waals surface area contributed by atoms with Gasteiger partial charge in [-0.1, -0.05) is 33.6 Å². The van der Waals surface area contributed by atoms with Gasteiger partial charge in [0.2, 0.25) is 0 Å². The molecule has 0 saturated carbocycles. The molecule has 0 aliphatic carbocycles. The van der Waals surface area contributed by atoms with E-state index in [1.807, 2.05) is 12.4 Å². The molecular formula is C13H23N3. The van der Waals surface area contributed by atoms with E-state index in [-0.39, 0.29) is 6.04 Å². The van der Waals surface area contributed by atoms with E-state index in [0.29, 0.717) is 5.92 Å². The zero-order chi connectivity index (χ0) is 12.0. The molecule has 0 bridgehead atoms. The van der Waals surface area contributed by atoms with E-state index in [1.54, 1.807) is 0 Å². The molecule has 0 saturated heterocycles. The molecule has 0 fully saturated rings. The Kier molecular flexibility index (Phi) is 5.43. The zero-order valence-electron chi connectivity index (χ0n) is 10.5. The van der Waals surface area contributed by atoms with E-state index in [0.717, 1.165) is 19.3 Å². The zero-order valence-corrected chi connectivity index (χ0v) is 10.5. The molecule has 0 amide bonds. The predicted octanol–water partition coefficient (Wildman–Crippen LogP) is 2.58. The summed E-state index contributed by atoms with van der Waals surface area (Å²) in [6.45, 7) is 6.58. The summed E-state index contributed by atoms with van der Waals surface area (Å²) in [5.41, 5.74) is 5.56. The normalized spacial score (nSPS) is 13.1. The van der Waals surface area contributed by atoms with Crippen molar-refractivity contribution in [3.8, 4) is 0 Å². The van der Waals surface area contributed by atoms with Gasteiger partial charge in [-0.05, 0) is 29.5 Å². The van der Waals surface area contributed by atoms with Crippen LogP contribution in [0, 0.1) is 5.92 Å². The third-order valence-corrected chi connectivity index (χ3v) is 3.36. The first-order chi connectivity index (χ1) is 7.78. The van der Waals surface area contributed by atoms with Gasteiger partial charge in [0, 0.05) is 18.4 Å². The van der Waals surface area contributed by atoms with Crippen molar-refractivity contribution in [2.45, 2.75) is 46.1 Å². The Labute approximate surface area is 98.4 Å². The quantitative estimate of drug-likeness (QED) is 0.573. The maximum Gasteiger partial charge on any atom is 0.0491 e. The fraction of sp³-hybridized carbons (Fsp3) is 0.615. The minimum Gasteiger partial charge on any atom is -0.271 e. The second kappa shape index (κ2) is 6.61. The van der Waals surface area contributed by atoms with Crippen molar-refractivity contribution in [1.82, 2.24) is 10.4 Å². The summed E-state index contributed by atoms with van der Waals surface area (Å²) in [6.07, 6.45) is 7.07. The van der Waals surface area contributed by atoms with Crippen molar-refractivity contribution in [3.63, 3.8) is 0 Å². The van der Waals surface area contributed by atoms with Crippen LogP contribution in [0.2, 0.25) is 0 Å². The highest BCUT2D eigenvalue weighted by Crippen LogP contribution is 2.28. The molecule has 0 aromatic carbocycles. The first kappa shape index (κ1) is 13.1. The smallest absolute Gasteiger partial charge is 0.0491 e. The highest BCUT2D eigenvalue weighted by molar-refractivity contribution is 5.27. The van der Waals surface area contributed by atoms with Crippen molar-refractivity contribution in [1.29, 1.82) is 0 Å². The minimum atomic E-state index is 0.243. The molecule has 3 N–H and O–H groups in total. The van der Waals surface area contributed by atoms with Gasteiger partial charge < -0.3 is 0 Å². The van der Waals surface area contributed by atoms with Crippen molar-refractivity contribution in [2.24, 2.45) is 11.8 Å². The summed E-state index contributed by atoms with van der Waals surface area (Å²) < 4.78 is 0. The Hall–Kier alpha value is -0.930. The van der Waals surface area contributed by atoms with E-state index in [9.17, 15) is 0 Å². The summed E-state index contributed by atoms with van der Waals surface area (Å²) in [6, 6.07) is 2.33. The van der Waals surface area contributed by atoms with Crippen LogP contribution < -0.4 is 11.3 Å². The van der Waals surface area contributed by atoms with E-state index in [2.05, 4.69) is 37.2 Å². The number of nitrogens with two attached hydrogens (primary N) is 1. The molecule has 3 heteroatoms. The summed E-state index contributed by atoms with van der Waals surface area (Å²) in [5.74, 6) is 6.29. The molecule has 1 unspecified atom stereocenters. The number of rotatable bonds is 6. The molecule has 0 spiro atoms. The maximum absolute atomic E-state index is 5.71. The van der Waals surface area contributed by atoms with Crippen molar-refractivity contribution < 1.29 is 0 Å². The lowest BCUT2D eigenvalue weighted by molar-refractivity contribution is 0.344. The standard InChI is InChI=1S/C13H23N3/c1-4-10(5-2)13(16-14)12-7-8-15-9-11(12)6-3/h7-10,13,16H,4-6,14H2,1-3H3. The SMILES string of the molecule is CCc1cnccc1C(NN)C(CC)CC. The average molecular weight is 221 g/mol. The fourth-order valence-electron chi connectivity index (χ4n) is 2.28. The Morgan fingerprint density at radius 2 is 2.00 bits per heavy atom. The van der Waals surface area contributed by atoms with Gasteiger partial charge in [-0.3, -0.25) is 16.3 Å². The van der Waals surface area contributed by atoms with Crippen LogP contribution in [0.4, 0.5) is 0 Å². The second-order valence-electron chi connectivity index (χ2n) is 4.15. The molecule has 3 nitrogen and oxygen atoms in total. The maximum atomic E-state index is 5.71. The summed E-state index contributed by atoms with van der Waals surface area (Å²) >= 11 is 0. The van der Waals surface area contributed by atoms with Crippen LogP contribution in [-0.2, 0) is 6.42 Å². The molecule has 1 aromatic heterocycles. The third-order valence-electron chi connectivity index (χ3n) is 3.36. The molecule has 1 heterocycles. The van der Waals surface area contributed by atoms with Crippen LogP contribution in [0.3, 0.4) is 0 Å². The number of pyridine rings is 1. The Balaban J connectivity index is 3.02. The second-order valence-corrected chi connectivity index (χ2v) is 4.15. The number of hydrogen-bond acceptors (Lipinski definition) is 3. The summed E-state index contributed by atoms with van der Waals surface area (Å²) in [5, 5.41) is 0. The molecule has 1 rings (SSSR count). The number of nitrogens with one attached hydrogen (secondary N) is 1.